The predicted octanol–water partition coefficient (Wildman–Crippen LogP) is 1.67. The molecular weight excluding hydrogens is 214 g/mol. The van der Waals surface area contributed by atoms with E-state index in [2.05, 4.69) is 0 Å². The molecule has 0 atom stereocenters. The van der Waals surface area contributed by atoms with Crippen molar-refractivity contribution < 1.29 is 4.79 Å². The number of hydrogen-bond acceptors (Lipinski definition) is 3. The van der Waals surface area contributed by atoms with Gasteiger partial charge in [0.05, 0.1) is 18.0 Å². The van der Waals surface area contributed by atoms with Gasteiger partial charge in [-0.2, -0.15) is 5.26 Å². The van der Waals surface area contributed by atoms with Gasteiger partial charge in [0.2, 0.25) is 5.91 Å². The number of rotatable bonds is 4. The summed E-state index contributed by atoms with van der Waals surface area (Å²) in [5, 5.41) is 8.63. The first-order valence-electron chi connectivity index (χ1n) is 5.49. The van der Waals surface area contributed by atoms with Crippen molar-refractivity contribution in [2.75, 3.05) is 11.4 Å². The Hall–Kier alpha value is -1.86. The second-order valence-electron chi connectivity index (χ2n) is 4.42. The highest BCUT2D eigenvalue weighted by molar-refractivity contribution is 5.99. The Labute approximate surface area is 102 Å². The van der Waals surface area contributed by atoms with Crippen molar-refractivity contribution in [3.63, 3.8) is 0 Å². The van der Waals surface area contributed by atoms with Crippen LogP contribution in [0.25, 0.3) is 0 Å². The van der Waals surface area contributed by atoms with E-state index in [0.717, 1.165) is 5.69 Å². The molecule has 1 aromatic carbocycles. The molecule has 0 aliphatic heterocycles. The molecule has 0 aliphatic carbocycles. The monoisotopic (exact) mass is 231 g/mol. The molecule has 17 heavy (non-hydrogen) atoms. The number of carbonyl (C=O) groups excluding carboxylic acids is 1. The van der Waals surface area contributed by atoms with Crippen LogP contribution in [0, 0.1) is 11.3 Å². The van der Waals surface area contributed by atoms with Gasteiger partial charge in [-0.15, -0.1) is 0 Å². The molecular formula is C13H17N3O. The Balaban J connectivity index is 2.97. The molecule has 2 N–H and O–H groups in total. The lowest BCUT2D eigenvalue weighted by Gasteiger charge is -2.28. The van der Waals surface area contributed by atoms with E-state index >= 15 is 0 Å². The standard InChI is InChI=1S/C13H17N3O/c1-13(2,15)12(17)16(10-6-9-14)11-7-4-3-5-8-11/h3-5,7-8H,6,10,15H2,1-2H3. The van der Waals surface area contributed by atoms with Gasteiger partial charge in [0.25, 0.3) is 0 Å². The van der Waals surface area contributed by atoms with Gasteiger partial charge in [-0.05, 0) is 26.0 Å². The third-order valence-electron chi connectivity index (χ3n) is 2.31. The van der Waals surface area contributed by atoms with Crippen LogP contribution in [-0.4, -0.2) is 18.0 Å². The fourth-order valence-electron chi connectivity index (χ4n) is 1.47. The third kappa shape index (κ3) is 3.58. The van der Waals surface area contributed by atoms with Gasteiger partial charge < -0.3 is 10.6 Å². The molecule has 1 rings (SSSR count). The molecule has 4 nitrogen and oxygen atoms in total. The number of hydrogen-bond donors (Lipinski definition) is 1. The van der Waals surface area contributed by atoms with Crippen LogP contribution in [0.1, 0.15) is 20.3 Å². The van der Waals surface area contributed by atoms with Crippen molar-refractivity contribution in [1.29, 1.82) is 5.26 Å². The highest BCUT2D eigenvalue weighted by Gasteiger charge is 2.28. The van der Waals surface area contributed by atoms with E-state index in [9.17, 15) is 4.79 Å². The van der Waals surface area contributed by atoms with Crippen LogP contribution < -0.4 is 10.6 Å². The highest BCUT2D eigenvalue weighted by Crippen LogP contribution is 2.17. The molecule has 0 aliphatic rings. The smallest absolute Gasteiger partial charge is 0.246 e. The number of carbonyl (C=O) groups is 1. The maximum atomic E-state index is 12.2. The maximum Gasteiger partial charge on any atom is 0.246 e. The fourth-order valence-corrected chi connectivity index (χ4v) is 1.47. The lowest BCUT2D eigenvalue weighted by Crippen LogP contribution is -2.51. The van der Waals surface area contributed by atoms with E-state index < -0.39 is 5.54 Å². The summed E-state index contributed by atoms with van der Waals surface area (Å²) in [6, 6.07) is 11.3. The van der Waals surface area contributed by atoms with E-state index in [-0.39, 0.29) is 12.3 Å². The normalized spacial score (nSPS) is 10.7. The van der Waals surface area contributed by atoms with Gasteiger partial charge in [-0.1, -0.05) is 18.2 Å². The lowest BCUT2D eigenvalue weighted by atomic mass is 10.0. The summed E-state index contributed by atoms with van der Waals surface area (Å²) in [5.74, 6) is -0.182. The molecule has 0 radical (unpaired) electrons. The molecule has 0 saturated heterocycles. The molecule has 90 valence electrons. The van der Waals surface area contributed by atoms with Gasteiger partial charge in [0, 0.05) is 12.2 Å². The first-order valence-corrected chi connectivity index (χ1v) is 5.49. The first kappa shape index (κ1) is 13.2. The third-order valence-corrected chi connectivity index (χ3v) is 2.31. The summed E-state index contributed by atoms with van der Waals surface area (Å²) in [4.78, 5) is 13.7. The van der Waals surface area contributed by atoms with Crippen LogP contribution in [0.15, 0.2) is 30.3 Å². The lowest BCUT2D eigenvalue weighted by molar-refractivity contribution is -0.122. The summed E-state index contributed by atoms with van der Waals surface area (Å²) in [6.07, 6.45) is 0.288. The largest absolute Gasteiger partial charge is 0.318 e. The topological polar surface area (TPSA) is 70.1 Å². The first-order chi connectivity index (χ1) is 7.96. The highest BCUT2D eigenvalue weighted by atomic mass is 16.2. The van der Waals surface area contributed by atoms with E-state index in [1.165, 1.54) is 0 Å². The van der Waals surface area contributed by atoms with Gasteiger partial charge in [-0.25, -0.2) is 0 Å². The average Bonchev–Trinajstić information content (AvgIpc) is 2.29. The summed E-state index contributed by atoms with van der Waals surface area (Å²) < 4.78 is 0. The molecule has 0 saturated carbocycles. The SMILES string of the molecule is CC(C)(N)C(=O)N(CCC#N)c1ccccc1. The van der Waals surface area contributed by atoms with E-state index in [1.54, 1.807) is 18.7 Å². The minimum atomic E-state index is -0.939. The number of nitrogens with zero attached hydrogens (tertiary/aromatic N) is 2. The molecule has 0 spiro atoms. The Bertz CT molecular complexity index is 415. The van der Waals surface area contributed by atoms with Gasteiger partial charge >= 0.3 is 0 Å². The van der Waals surface area contributed by atoms with E-state index in [1.807, 2.05) is 36.4 Å². The zero-order valence-corrected chi connectivity index (χ0v) is 10.2. The number of amides is 1. The van der Waals surface area contributed by atoms with Crippen LogP contribution in [0.2, 0.25) is 0 Å². The molecule has 1 amide bonds. The Morgan fingerprint density at radius 2 is 2.00 bits per heavy atom. The quantitative estimate of drug-likeness (QED) is 0.856. The zero-order chi connectivity index (χ0) is 12.9. The van der Waals surface area contributed by atoms with E-state index in [0.29, 0.717) is 6.54 Å². The van der Waals surface area contributed by atoms with Crippen LogP contribution in [-0.2, 0) is 4.79 Å². The zero-order valence-electron chi connectivity index (χ0n) is 10.2. The van der Waals surface area contributed by atoms with Crippen molar-refractivity contribution >= 4 is 11.6 Å². The number of nitriles is 1. The molecule has 0 unspecified atom stereocenters. The van der Waals surface area contributed by atoms with Crippen LogP contribution in [0.3, 0.4) is 0 Å². The molecule has 0 bridgehead atoms. The number of benzene rings is 1. The summed E-state index contributed by atoms with van der Waals surface area (Å²) in [7, 11) is 0. The number of nitrogens with two attached hydrogens (primary N) is 1. The average molecular weight is 231 g/mol. The van der Waals surface area contributed by atoms with Gasteiger partial charge in [0.15, 0.2) is 0 Å². The Morgan fingerprint density at radius 3 is 2.47 bits per heavy atom. The summed E-state index contributed by atoms with van der Waals surface area (Å²) in [6.45, 7) is 3.69. The fraction of sp³-hybridized carbons (Fsp3) is 0.385. The second kappa shape index (κ2) is 5.46. The molecule has 4 heteroatoms. The van der Waals surface area contributed by atoms with Crippen LogP contribution >= 0.6 is 0 Å². The molecule has 0 fully saturated rings. The van der Waals surface area contributed by atoms with Crippen molar-refractivity contribution in [3.05, 3.63) is 30.3 Å². The predicted molar refractivity (Wildman–Crippen MR) is 67.3 cm³/mol. The van der Waals surface area contributed by atoms with Crippen molar-refractivity contribution in [2.45, 2.75) is 25.8 Å². The van der Waals surface area contributed by atoms with Crippen molar-refractivity contribution in [3.8, 4) is 6.07 Å². The van der Waals surface area contributed by atoms with Crippen molar-refractivity contribution in [2.24, 2.45) is 5.73 Å². The molecule has 1 aromatic rings. The minimum absolute atomic E-state index is 0.182. The minimum Gasteiger partial charge on any atom is -0.318 e. The number of para-hydroxylation sites is 1. The molecule has 0 aromatic heterocycles. The molecule has 0 heterocycles. The van der Waals surface area contributed by atoms with Gasteiger partial charge in [0.1, 0.15) is 0 Å². The van der Waals surface area contributed by atoms with E-state index in [4.69, 9.17) is 11.0 Å². The Morgan fingerprint density at radius 1 is 1.41 bits per heavy atom. The van der Waals surface area contributed by atoms with Crippen molar-refractivity contribution in [1.82, 2.24) is 0 Å². The summed E-state index contributed by atoms with van der Waals surface area (Å²) >= 11 is 0. The van der Waals surface area contributed by atoms with Gasteiger partial charge in [-0.3, -0.25) is 4.79 Å². The maximum absolute atomic E-state index is 12.2. The van der Waals surface area contributed by atoms with Crippen LogP contribution in [0.5, 0.6) is 0 Å². The Kier molecular flexibility index (Phi) is 4.24. The number of anilines is 1. The van der Waals surface area contributed by atoms with Crippen LogP contribution in [0.4, 0.5) is 5.69 Å². The second-order valence-corrected chi connectivity index (χ2v) is 4.42. The summed E-state index contributed by atoms with van der Waals surface area (Å²) in [5.41, 5.74) is 5.65.